The number of hydrogen-bond acceptors (Lipinski definition) is 4. The van der Waals surface area contributed by atoms with Crippen LogP contribution in [0.4, 0.5) is 11.6 Å². The molecule has 0 spiro atoms. The number of H-pyrrole nitrogens is 1. The molecular formula is C11H19N5O. The largest absolute Gasteiger partial charge is 0.382 e. The molecule has 1 amide bonds. The molecule has 1 aliphatic heterocycles. The molecule has 1 aliphatic rings. The zero-order valence-corrected chi connectivity index (χ0v) is 10.3. The van der Waals surface area contributed by atoms with Gasteiger partial charge in [0.2, 0.25) is 5.91 Å². The van der Waals surface area contributed by atoms with E-state index in [1.54, 1.807) is 7.05 Å². The van der Waals surface area contributed by atoms with Gasteiger partial charge in [-0.05, 0) is 26.2 Å². The quantitative estimate of drug-likeness (QED) is 0.695. The molecule has 2 rings (SSSR count). The number of aromatic nitrogens is 2. The maximum atomic E-state index is 11.8. The van der Waals surface area contributed by atoms with Crippen LogP contribution >= 0.6 is 0 Å². The lowest BCUT2D eigenvalue weighted by atomic mass is 10.0. The SMILES string of the molecule is CNC(=O)C1CCCCN1c1nc(C)[nH]c1N. The highest BCUT2D eigenvalue weighted by Gasteiger charge is 2.30. The second kappa shape index (κ2) is 4.65. The minimum Gasteiger partial charge on any atom is -0.382 e. The summed E-state index contributed by atoms with van der Waals surface area (Å²) < 4.78 is 0. The van der Waals surface area contributed by atoms with Crippen molar-refractivity contribution >= 4 is 17.5 Å². The van der Waals surface area contributed by atoms with Crippen molar-refractivity contribution in [1.29, 1.82) is 0 Å². The number of aromatic amines is 1. The van der Waals surface area contributed by atoms with Crippen LogP contribution in [0.15, 0.2) is 0 Å². The van der Waals surface area contributed by atoms with E-state index in [0.29, 0.717) is 11.6 Å². The van der Waals surface area contributed by atoms with Crippen LogP contribution in [-0.2, 0) is 4.79 Å². The van der Waals surface area contributed by atoms with Gasteiger partial charge in [0, 0.05) is 13.6 Å². The average molecular weight is 237 g/mol. The monoisotopic (exact) mass is 237 g/mol. The number of carbonyl (C=O) groups is 1. The predicted molar refractivity (Wildman–Crippen MR) is 66.8 cm³/mol. The number of aryl methyl sites for hydroxylation is 1. The van der Waals surface area contributed by atoms with Crippen molar-refractivity contribution < 1.29 is 4.79 Å². The van der Waals surface area contributed by atoms with E-state index in [4.69, 9.17) is 5.73 Å². The third-order valence-electron chi connectivity index (χ3n) is 3.15. The number of nitrogens with zero attached hydrogens (tertiary/aromatic N) is 2. The molecule has 1 saturated heterocycles. The summed E-state index contributed by atoms with van der Waals surface area (Å²) in [7, 11) is 1.66. The number of piperidine rings is 1. The molecule has 0 radical (unpaired) electrons. The first-order chi connectivity index (χ1) is 8.13. The molecule has 1 unspecified atom stereocenters. The topological polar surface area (TPSA) is 87.0 Å². The summed E-state index contributed by atoms with van der Waals surface area (Å²) in [6.45, 7) is 2.69. The van der Waals surface area contributed by atoms with Crippen LogP contribution in [0, 0.1) is 6.92 Å². The molecule has 1 atom stereocenters. The Kier molecular flexibility index (Phi) is 3.21. The molecule has 1 fully saturated rings. The summed E-state index contributed by atoms with van der Waals surface area (Å²) in [6.07, 6.45) is 2.99. The lowest BCUT2D eigenvalue weighted by Crippen LogP contribution is -2.49. The Morgan fingerprint density at radius 1 is 1.59 bits per heavy atom. The predicted octanol–water partition coefficient (Wildman–Crippen LogP) is 0.405. The zero-order chi connectivity index (χ0) is 12.4. The van der Waals surface area contributed by atoms with Crippen LogP contribution in [0.25, 0.3) is 0 Å². The normalized spacial score (nSPS) is 20.4. The second-order valence-corrected chi connectivity index (χ2v) is 4.38. The fourth-order valence-electron chi connectivity index (χ4n) is 2.34. The smallest absolute Gasteiger partial charge is 0.242 e. The van der Waals surface area contributed by atoms with Gasteiger partial charge in [-0.25, -0.2) is 4.98 Å². The number of imidazole rings is 1. The van der Waals surface area contributed by atoms with E-state index in [-0.39, 0.29) is 11.9 Å². The molecule has 4 N–H and O–H groups in total. The Balaban J connectivity index is 2.27. The molecule has 6 heteroatoms. The van der Waals surface area contributed by atoms with Crippen molar-refractivity contribution in [3.8, 4) is 0 Å². The lowest BCUT2D eigenvalue weighted by molar-refractivity contribution is -0.122. The molecule has 2 heterocycles. The van der Waals surface area contributed by atoms with E-state index in [1.165, 1.54) is 0 Å². The Hall–Kier alpha value is -1.72. The van der Waals surface area contributed by atoms with Gasteiger partial charge in [-0.1, -0.05) is 0 Å². The van der Waals surface area contributed by atoms with E-state index in [0.717, 1.165) is 31.6 Å². The first-order valence-corrected chi connectivity index (χ1v) is 5.93. The number of nitrogens with one attached hydrogen (secondary N) is 2. The molecule has 0 saturated carbocycles. The van der Waals surface area contributed by atoms with Crippen molar-refractivity contribution in [3.63, 3.8) is 0 Å². The van der Waals surface area contributed by atoms with Gasteiger partial charge in [-0.15, -0.1) is 0 Å². The molecule has 17 heavy (non-hydrogen) atoms. The fourth-order valence-corrected chi connectivity index (χ4v) is 2.34. The number of carbonyl (C=O) groups excluding carboxylic acids is 1. The van der Waals surface area contributed by atoms with E-state index >= 15 is 0 Å². The summed E-state index contributed by atoms with van der Waals surface area (Å²) >= 11 is 0. The van der Waals surface area contributed by atoms with E-state index in [9.17, 15) is 4.79 Å². The Morgan fingerprint density at radius 2 is 2.35 bits per heavy atom. The third-order valence-corrected chi connectivity index (χ3v) is 3.15. The van der Waals surface area contributed by atoms with E-state index in [2.05, 4.69) is 15.3 Å². The summed E-state index contributed by atoms with van der Waals surface area (Å²) in [5.74, 6) is 2.05. The van der Waals surface area contributed by atoms with Gasteiger partial charge in [-0.3, -0.25) is 4.79 Å². The first-order valence-electron chi connectivity index (χ1n) is 5.93. The fraction of sp³-hybridized carbons (Fsp3) is 0.636. The third kappa shape index (κ3) is 2.20. The number of anilines is 2. The van der Waals surface area contributed by atoms with Crippen molar-refractivity contribution in [1.82, 2.24) is 15.3 Å². The molecule has 1 aromatic rings. The highest BCUT2D eigenvalue weighted by molar-refractivity contribution is 5.85. The standard InChI is InChI=1S/C11H19N5O/c1-7-14-9(12)10(15-7)16-6-4-3-5-8(16)11(17)13-2/h8H,3-6,12H2,1-2H3,(H,13,17)(H,14,15). The minimum atomic E-state index is -0.154. The Labute approximate surface area is 101 Å². The van der Waals surface area contributed by atoms with Gasteiger partial charge in [0.25, 0.3) is 0 Å². The van der Waals surface area contributed by atoms with Crippen LogP contribution in [0.5, 0.6) is 0 Å². The molecule has 0 aliphatic carbocycles. The van der Waals surface area contributed by atoms with E-state index in [1.807, 2.05) is 11.8 Å². The lowest BCUT2D eigenvalue weighted by Gasteiger charge is -2.34. The number of nitrogen functional groups attached to an aromatic ring is 1. The number of hydrogen-bond donors (Lipinski definition) is 3. The van der Waals surface area contributed by atoms with Crippen molar-refractivity contribution in [2.75, 3.05) is 24.2 Å². The molecule has 0 bridgehead atoms. The molecular weight excluding hydrogens is 218 g/mol. The first kappa shape index (κ1) is 11.8. The average Bonchev–Trinajstić information content (AvgIpc) is 2.67. The van der Waals surface area contributed by atoms with Gasteiger partial charge in [0.1, 0.15) is 17.7 Å². The Bertz CT molecular complexity index is 414. The van der Waals surface area contributed by atoms with Crippen LogP contribution in [-0.4, -0.2) is 35.5 Å². The number of likely N-dealkylation sites (N-methyl/N-ethyl adjacent to an activating group) is 1. The zero-order valence-electron chi connectivity index (χ0n) is 10.3. The minimum absolute atomic E-state index is 0.0322. The number of rotatable bonds is 2. The Morgan fingerprint density at radius 3 is 2.94 bits per heavy atom. The van der Waals surface area contributed by atoms with Crippen molar-refractivity contribution in [2.24, 2.45) is 0 Å². The van der Waals surface area contributed by atoms with Crippen molar-refractivity contribution in [3.05, 3.63) is 5.82 Å². The summed E-state index contributed by atoms with van der Waals surface area (Å²) in [4.78, 5) is 21.2. The maximum Gasteiger partial charge on any atom is 0.242 e. The van der Waals surface area contributed by atoms with E-state index < -0.39 is 0 Å². The van der Waals surface area contributed by atoms with Gasteiger partial charge in [-0.2, -0.15) is 0 Å². The molecule has 6 nitrogen and oxygen atoms in total. The van der Waals surface area contributed by atoms with Gasteiger partial charge < -0.3 is 20.9 Å². The van der Waals surface area contributed by atoms with Crippen LogP contribution in [0.1, 0.15) is 25.1 Å². The van der Waals surface area contributed by atoms with Crippen LogP contribution in [0.2, 0.25) is 0 Å². The van der Waals surface area contributed by atoms with Gasteiger partial charge in [0.15, 0.2) is 5.82 Å². The summed E-state index contributed by atoms with van der Waals surface area (Å²) in [5.41, 5.74) is 5.88. The van der Waals surface area contributed by atoms with Crippen LogP contribution < -0.4 is 16.0 Å². The molecule has 94 valence electrons. The van der Waals surface area contributed by atoms with Crippen LogP contribution in [0.3, 0.4) is 0 Å². The van der Waals surface area contributed by atoms with Gasteiger partial charge in [0.05, 0.1) is 0 Å². The molecule has 0 aromatic carbocycles. The van der Waals surface area contributed by atoms with Gasteiger partial charge >= 0.3 is 0 Å². The summed E-state index contributed by atoms with van der Waals surface area (Å²) in [6, 6.07) is -0.154. The second-order valence-electron chi connectivity index (χ2n) is 4.38. The maximum absolute atomic E-state index is 11.8. The van der Waals surface area contributed by atoms with Crippen molar-refractivity contribution in [2.45, 2.75) is 32.2 Å². The molecule has 1 aromatic heterocycles. The number of amides is 1. The highest BCUT2D eigenvalue weighted by Crippen LogP contribution is 2.27. The highest BCUT2D eigenvalue weighted by atomic mass is 16.2. The summed E-state index contributed by atoms with van der Waals surface area (Å²) in [5, 5.41) is 2.70. The number of nitrogens with two attached hydrogens (primary N) is 1.